The summed E-state index contributed by atoms with van der Waals surface area (Å²) in [6.07, 6.45) is -0.142. The van der Waals surface area contributed by atoms with Crippen LogP contribution in [0.3, 0.4) is 0 Å². The van der Waals surface area contributed by atoms with E-state index in [1.165, 1.54) is 7.11 Å². The van der Waals surface area contributed by atoms with Gasteiger partial charge in [-0.2, -0.15) is 0 Å². The lowest BCUT2D eigenvalue weighted by atomic mass is 9.89. The summed E-state index contributed by atoms with van der Waals surface area (Å²) in [5.41, 5.74) is 2.83. The maximum Gasteiger partial charge on any atom is 0.164 e. The van der Waals surface area contributed by atoms with Gasteiger partial charge in [0.2, 0.25) is 0 Å². The van der Waals surface area contributed by atoms with Crippen LogP contribution in [0, 0.1) is 6.92 Å². The zero-order chi connectivity index (χ0) is 15.9. The van der Waals surface area contributed by atoms with Gasteiger partial charge in [-0.05, 0) is 13.0 Å². The molecule has 1 aliphatic rings. The van der Waals surface area contributed by atoms with E-state index < -0.39 is 0 Å². The van der Waals surface area contributed by atoms with Crippen molar-refractivity contribution >= 4 is 0 Å². The number of para-hydroxylation sites is 1. The summed E-state index contributed by atoms with van der Waals surface area (Å²) >= 11 is 0. The second-order valence-electron chi connectivity index (χ2n) is 5.53. The lowest BCUT2D eigenvalue weighted by Crippen LogP contribution is -2.09. The number of rotatable bonds is 3. The fraction of sp³-hybridized carbons (Fsp3) is 0.333. The first-order valence-electron chi connectivity index (χ1n) is 7.28. The largest absolute Gasteiger partial charge is 0.504 e. The number of methoxy groups -OCH3 is 2. The Kier molecular flexibility index (Phi) is 3.61. The zero-order valence-electron chi connectivity index (χ0n) is 13.2. The average molecular weight is 300 g/mol. The van der Waals surface area contributed by atoms with Gasteiger partial charge >= 0.3 is 0 Å². The van der Waals surface area contributed by atoms with Crippen LogP contribution in [-0.2, 0) is 0 Å². The zero-order valence-corrected chi connectivity index (χ0v) is 13.2. The van der Waals surface area contributed by atoms with Crippen molar-refractivity contribution in [3.8, 4) is 23.0 Å². The van der Waals surface area contributed by atoms with Crippen molar-refractivity contribution in [3.05, 3.63) is 47.0 Å². The van der Waals surface area contributed by atoms with Gasteiger partial charge in [0.05, 0.1) is 14.2 Å². The van der Waals surface area contributed by atoms with Crippen LogP contribution >= 0.6 is 0 Å². The summed E-state index contributed by atoms with van der Waals surface area (Å²) in [4.78, 5) is 0. The predicted molar refractivity (Wildman–Crippen MR) is 84.2 cm³/mol. The van der Waals surface area contributed by atoms with Crippen LogP contribution in [0.1, 0.15) is 35.6 Å². The van der Waals surface area contributed by atoms with E-state index in [-0.39, 0.29) is 17.8 Å². The lowest BCUT2D eigenvalue weighted by molar-refractivity contribution is 0.209. The second-order valence-corrected chi connectivity index (χ2v) is 5.53. The highest BCUT2D eigenvalue weighted by atomic mass is 16.5. The van der Waals surface area contributed by atoms with E-state index in [2.05, 4.69) is 6.92 Å². The summed E-state index contributed by atoms with van der Waals surface area (Å²) < 4.78 is 16.8. The van der Waals surface area contributed by atoms with E-state index in [4.69, 9.17) is 14.2 Å². The van der Waals surface area contributed by atoms with Crippen molar-refractivity contribution in [2.24, 2.45) is 0 Å². The van der Waals surface area contributed by atoms with Crippen molar-refractivity contribution < 1.29 is 19.3 Å². The molecule has 116 valence electrons. The number of benzene rings is 2. The Hall–Kier alpha value is -2.36. The number of phenolic OH excluding ortho intramolecular Hbond substituents is 1. The van der Waals surface area contributed by atoms with Crippen molar-refractivity contribution in [3.63, 3.8) is 0 Å². The van der Waals surface area contributed by atoms with E-state index in [0.717, 1.165) is 28.2 Å². The van der Waals surface area contributed by atoms with Crippen LogP contribution in [0.25, 0.3) is 0 Å². The highest BCUT2D eigenvalue weighted by Crippen LogP contribution is 2.52. The Bertz CT molecular complexity index is 708. The molecule has 0 aromatic heterocycles. The van der Waals surface area contributed by atoms with Gasteiger partial charge < -0.3 is 19.3 Å². The topological polar surface area (TPSA) is 47.9 Å². The van der Waals surface area contributed by atoms with E-state index in [9.17, 15) is 5.11 Å². The molecular weight excluding hydrogens is 280 g/mol. The average Bonchev–Trinajstić information content (AvgIpc) is 2.87. The van der Waals surface area contributed by atoms with Gasteiger partial charge in [0.1, 0.15) is 17.6 Å². The normalized spacial score (nSPS) is 19.5. The molecule has 1 aliphatic heterocycles. The van der Waals surface area contributed by atoms with Gasteiger partial charge in [0.25, 0.3) is 0 Å². The molecule has 1 N–H and O–H groups in total. The van der Waals surface area contributed by atoms with Crippen LogP contribution in [0.2, 0.25) is 0 Å². The molecule has 4 heteroatoms. The monoisotopic (exact) mass is 300 g/mol. The number of phenols is 1. The third-order valence-corrected chi connectivity index (χ3v) is 4.35. The molecule has 2 atom stereocenters. The molecule has 0 radical (unpaired) electrons. The smallest absolute Gasteiger partial charge is 0.164 e. The van der Waals surface area contributed by atoms with Gasteiger partial charge in [-0.15, -0.1) is 0 Å². The summed E-state index contributed by atoms with van der Waals surface area (Å²) in [6.45, 7) is 3.99. The Morgan fingerprint density at radius 2 is 1.77 bits per heavy atom. The predicted octanol–water partition coefficient (Wildman–Crippen LogP) is 3.96. The highest BCUT2D eigenvalue weighted by Gasteiger charge is 2.36. The molecule has 0 unspecified atom stereocenters. The molecule has 0 saturated carbocycles. The minimum atomic E-state index is -0.142. The van der Waals surface area contributed by atoms with Gasteiger partial charge in [-0.3, -0.25) is 0 Å². The Morgan fingerprint density at radius 3 is 2.45 bits per heavy atom. The van der Waals surface area contributed by atoms with Crippen LogP contribution in [0.15, 0.2) is 30.3 Å². The molecule has 0 bridgehead atoms. The fourth-order valence-electron chi connectivity index (χ4n) is 3.21. The summed E-state index contributed by atoms with van der Waals surface area (Å²) in [6, 6.07) is 9.61. The molecule has 2 aromatic rings. The molecule has 22 heavy (non-hydrogen) atoms. The first-order valence-corrected chi connectivity index (χ1v) is 7.28. The first kappa shape index (κ1) is 14.6. The third kappa shape index (κ3) is 2.06. The molecule has 3 rings (SSSR count). The van der Waals surface area contributed by atoms with E-state index in [0.29, 0.717) is 5.75 Å². The molecule has 0 fully saturated rings. The van der Waals surface area contributed by atoms with E-state index >= 15 is 0 Å². The molecule has 0 saturated heterocycles. The van der Waals surface area contributed by atoms with Crippen LogP contribution in [0.5, 0.6) is 23.0 Å². The maximum absolute atomic E-state index is 10.2. The van der Waals surface area contributed by atoms with E-state index in [1.807, 2.05) is 31.2 Å². The number of fused-ring (bicyclic) bond motifs is 1. The molecular formula is C18H20O4. The number of hydrogen-bond acceptors (Lipinski definition) is 4. The van der Waals surface area contributed by atoms with Crippen LogP contribution in [0.4, 0.5) is 0 Å². The van der Waals surface area contributed by atoms with Crippen molar-refractivity contribution in [1.29, 1.82) is 0 Å². The summed E-state index contributed by atoms with van der Waals surface area (Å²) in [7, 11) is 3.20. The van der Waals surface area contributed by atoms with Gasteiger partial charge in [-0.25, -0.2) is 0 Å². The molecule has 2 aromatic carbocycles. The number of aromatic hydroxyl groups is 1. The maximum atomic E-state index is 10.2. The Balaban J connectivity index is 2.08. The van der Waals surface area contributed by atoms with Gasteiger partial charge in [-0.1, -0.05) is 25.1 Å². The van der Waals surface area contributed by atoms with Gasteiger partial charge in [0.15, 0.2) is 11.5 Å². The summed E-state index contributed by atoms with van der Waals surface area (Å²) in [5, 5.41) is 10.2. The molecule has 4 nitrogen and oxygen atoms in total. The minimum absolute atomic E-state index is 0.114. The highest BCUT2D eigenvalue weighted by molar-refractivity contribution is 5.60. The third-order valence-electron chi connectivity index (χ3n) is 4.35. The first-order chi connectivity index (χ1) is 10.6. The molecule has 1 heterocycles. The number of ether oxygens (including phenoxy) is 3. The minimum Gasteiger partial charge on any atom is -0.504 e. The standard InChI is InChI=1S/C18H20O4/c1-10-16-11(2)18(12-7-5-6-8-13(12)20-3)22-14(16)9-15(21-4)17(10)19/h5-9,11,18-19H,1-4H3/t11-,18-/m0/s1. The van der Waals surface area contributed by atoms with E-state index in [1.54, 1.807) is 13.2 Å². The van der Waals surface area contributed by atoms with Crippen LogP contribution < -0.4 is 14.2 Å². The van der Waals surface area contributed by atoms with Crippen molar-refractivity contribution in [2.45, 2.75) is 25.9 Å². The molecule has 0 amide bonds. The summed E-state index contributed by atoms with van der Waals surface area (Å²) in [5.74, 6) is 2.29. The lowest BCUT2D eigenvalue weighted by Gasteiger charge is -2.18. The second kappa shape index (κ2) is 5.44. The van der Waals surface area contributed by atoms with Gasteiger partial charge in [0, 0.05) is 28.7 Å². The Labute approximate surface area is 130 Å². The molecule has 0 aliphatic carbocycles. The van der Waals surface area contributed by atoms with Crippen LogP contribution in [-0.4, -0.2) is 19.3 Å². The molecule has 0 spiro atoms. The number of hydrogen-bond donors (Lipinski definition) is 1. The van der Waals surface area contributed by atoms with Crippen molar-refractivity contribution in [2.75, 3.05) is 14.2 Å². The quantitative estimate of drug-likeness (QED) is 0.932. The van der Waals surface area contributed by atoms with Crippen molar-refractivity contribution in [1.82, 2.24) is 0 Å². The Morgan fingerprint density at radius 1 is 1.09 bits per heavy atom. The SMILES string of the molecule is COc1ccccc1[C@H]1Oc2cc(OC)c(O)c(C)c2[C@@H]1C. The fourth-order valence-corrected chi connectivity index (χ4v) is 3.21.